The van der Waals surface area contributed by atoms with E-state index in [-0.39, 0.29) is 13.2 Å². The summed E-state index contributed by atoms with van der Waals surface area (Å²) in [4.78, 5) is 0. The summed E-state index contributed by atoms with van der Waals surface area (Å²) in [7, 11) is -3.42. The minimum atomic E-state index is -3.42. The quantitative estimate of drug-likeness (QED) is 0.628. The maximum absolute atomic E-state index is 11.8. The molecule has 1 aromatic heterocycles. The maximum Gasteiger partial charge on any atom is 0.250 e. The van der Waals surface area contributed by atoms with E-state index in [2.05, 4.69) is 4.72 Å². The van der Waals surface area contributed by atoms with Crippen molar-refractivity contribution in [2.24, 2.45) is 0 Å². The van der Waals surface area contributed by atoms with Crippen molar-refractivity contribution >= 4 is 27.0 Å². The summed E-state index contributed by atoms with van der Waals surface area (Å²) in [5.74, 6) is 0.554. The summed E-state index contributed by atoms with van der Waals surface area (Å²) in [5.41, 5.74) is 6.23. The first kappa shape index (κ1) is 13.9. The molecule has 0 aliphatic heterocycles. The van der Waals surface area contributed by atoms with Gasteiger partial charge in [0.05, 0.1) is 5.69 Å². The SMILES string of the molecule is Nc1ccccc1OCCNS(=O)(=O)c1cccs1. The lowest BCUT2D eigenvalue weighted by Gasteiger charge is -2.09. The van der Waals surface area contributed by atoms with Gasteiger partial charge < -0.3 is 10.5 Å². The normalized spacial score (nSPS) is 11.4. The van der Waals surface area contributed by atoms with Gasteiger partial charge in [-0.1, -0.05) is 18.2 Å². The third-order valence-electron chi connectivity index (χ3n) is 2.33. The Hall–Kier alpha value is -1.57. The summed E-state index contributed by atoms with van der Waals surface area (Å²) >= 11 is 1.18. The molecular weight excluding hydrogens is 284 g/mol. The van der Waals surface area contributed by atoms with E-state index in [0.29, 0.717) is 15.6 Å². The number of sulfonamides is 1. The van der Waals surface area contributed by atoms with Crippen molar-refractivity contribution in [2.75, 3.05) is 18.9 Å². The Bertz CT molecular complexity index is 624. The second-order valence-electron chi connectivity index (χ2n) is 3.72. The smallest absolute Gasteiger partial charge is 0.250 e. The van der Waals surface area contributed by atoms with Crippen LogP contribution in [0.5, 0.6) is 5.75 Å². The highest BCUT2D eigenvalue weighted by atomic mass is 32.2. The Kier molecular flexibility index (Phi) is 4.41. The topological polar surface area (TPSA) is 81.4 Å². The molecule has 2 rings (SSSR count). The van der Waals surface area contributed by atoms with Crippen LogP contribution in [0.25, 0.3) is 0 Å². The number of rotatable bonds is 6. The molecule has 19 heavy (non-hydrogen) atoms. The fourth-order valence-corrected chi connectivity index (χ4v) is 3.49. The molecule has 1 heterocycles. The Morgan fingerprint density at radius 3 is 2.68 bits per heavy atom. The number of hydrogen-bond acceptors (Lipinski definition) is 5. The zero-order valence-corrected chi connectivity index (χ0v) is 11.7. The molecule has 0 bridgehead atoms. The molecule has 0 atom stereocenters. The van der Waals surface area contributed by atoms with Gasteiger partial charge in [-0.2, -0.15) is 0 Å². The molecule has 0 fully saturated rings. The maximum atomic E-state index is 11.8. The van der Waals surface area contributed by atoms with Crippen molar-refractivity contribution in [1.29, 1.82) is 0 Å². The summed E-state index contributed by atoms with van der Waals surface area (Å²) in [6.45, 7) is 0.410. The van der Waals surface area contributed by atoms with Gasteiger partial charge in [0, 0.05) is 6.54 Å². The van der Waals surface area contributed by atoms with Gasteiger partial charge in [0.15, 0.2) is 0 Å². The summed E-state index contributed by atoms with van der Waals surface area (Å²) in [6, 6.07) is 10.3. The number of anilines is 1. The monoisotopic (exact) mass is 298 g/mol. The van der Waals surface area contributed by atoms with Crippen LogP contribution < -0.4 is 15.2 Å². The first-order valence-corrected chi connectivity index (χ1v) is 7.96. The zero-order chi connectivity index (χ0) is 13.7. The molecular formula is C12H14N2O3S2. The van der Waals surface area contributed by atoms with Crippen molar-refractivity contribution in [2.45, 2.75) is 4.21 Å². The lowest BCUT2D eigenvalue weighted by atomic mass is 10.3. The van der Waals surface area contributed by atoms with E-state index in [4.69, 9.17) is 10.5 Å². The molecule has 5 nitrogen and oxygen atoms in total. The number of benzene rings is 1. The van der Waals surface area contributed by atoms with Crippen LogP contribution in [0.2, 0.25) is 0 Å². The van der Waals surface area contributed by atoms with Gasteiger partial charge in [-0.15, -0.1) is 11.3 Å². The average molecular weight is 298 g/mol. The molecule has 0 unspecified atom stereocenters. The Morgan fingerprint density at radius 1 is 1.21 bits per heavy atom. The molecule has 3 N–H and O–H groups in total. The van der Waals surface area contributed by atoms with Crippen molar-refractivity contribution in [1.82, 2.24) is 4.72 Å². The minimum absolute atomic E-state index is 0.189. The van der Waals surface area contributed by atoms with E-state index in [9.17, 15) is 8.42 Å². The number of para-hydroxylation sites is 2. The van der Waals surface area contributed by atoms with E-state index in [1.165, 1.54) is 11.3 Å². The number of hydrogen-bond donors (Lipinski definition) is 2. The van der Waals surface area contributed by atoms with E-state index >= 15 is 0 Å². The molecule has 0 radical (unpaired) electrons. The van der Waals surface area contributed by atoms with E-state index in [0.717, 1.165) is 0 Å². The summed E-state index contributed by atoms with van der Waals surface area (Å²) in [5, 5.41) is 1.72. The van der Waals surface area contributed by atoms with Gasteiger partial charge in [-0.25, -0.2) is 13.1 Å². The van der Waals surface area contributed by atoms with Crippen LogP contribution in [0.1, 0.15) is 0 Å². The van der Waals surface area contributed by atoms with Crippen LogP contribution in [-0.4, -0.2) is 21.6 Å². The van der Waals surface area contributed by atoms with Crippen LogP contribution in [0.4, 0.5) is 5.69 Å². The fourth-order valence-electron chi connectivity index (χ4n) is 1.44. The van der Waals surface area contributed by atoms with Gasteiger partial charge in [0.2, 0.25) is 10.0 Å². The van der Waals surface area contributed by atoms with Crippen molar-refractivity contribution in [3.05, 3.63) is 41.8 Å². The number of nitrogens with two attached hydrogens (primary N) is 1. The summed E-state index contributed by atoms with van der Waals surface area (Å²) < 4.78 is 31.7. The minimum Gasteiger partial charge on any atom is -0.490 e. The molecule has 0 aliphatic rings. The molecule has 0 amide bonds. The largest absolute Gasteiger partial charge is 0.490 e. The van der Waals surface area contributed by atoms with Crippen molar-refractivity contribution in [3.63, 3.8) is 0 Å². The van der Waals surface area contributed by atoms with Crippen molar-refractivity contribution < 1.29 is 13.2 Å². The van der Waals surface area contributed by atoms with Crippen LogP contribution >= 0.6 is 11.3 Å². The van der Waals surface area contributed by atoms with E-state index in [1.54, 1.807) is 29.6 Å². The number of ether oxygens (including phenoxy) is 1. The lowest BCUT2D eigenvalue weighted by Crippen LogP contribution is -2.27. The van der Waals surface area contributed by atoms with Gasteiger partial charge >= 0.3 is 0 Å². The summed E-state index contributed by atoms with van der Waals surface area (Å²) in [6.07, 6.45) is 0. The predicted molar refractivity (Wildman–Crippen MR) is 75.9 cm³/mol. The van der Waals surface area contributed by atoms with Crippen LogP contribution in [0, 0.1) is 0 Å². The fraction of sp³-hybridized carbons (Fsp3) is 0.167. The third-order valence-corrected chi connectivity index (χ3v) is 5.19. The molecule has 0 aliphatic carbocycles. The molecule has 1 aromatic carbocycles. The molecule has 7 heteroatoms. The first-order chi connectivity index (χ1) is 9.09. The van der Waals surface area contributed by atoms with Crippen LogP contribution in [0.15, 0.2) is 46.0 Å². The lowest BCUT2D eigenvalue weighted by molar-refractivity contribution is 0.324. The molecule has 2 aromatic rings. The Balaban J connectivity index is 1.83. The Morgan fingerprint density at radius 2 is 2.00 bits per heavy atom. The second-order valence-corrected chi connectivity index (χ2v) is 6.66. The van der Waals surface area contributed by atoms with Gasteiger partial charge in [-0.3, -0.25) is 0 Å². The van der Waals surface area contributed by atoms with E-state index in [1.807, 2.05) is 12.1 Å². The number of nitrogen functional groups attached to an aromatic ring is 1. The van der Waals surface area contributed by atoms with Gasteiger partial charge in [-0.05, 0) is 23.6 Å². The van der Waals surface area contributed by atoms with Crippen LogP contribution in [0.3, 0.4) is 0 Å². The molecule has 0 spiro atoms. The highest BCUT2D eigenvalue weighted by Crippen LogP contribution is 2.19. The highest BCUT2D eigenvalue weighted by molar-refractivity contribution is 7.91. The first-order valence-electron chi connectivity index (χ1n) is 5.60. The van der Waals surface area contributed by atoms with Gasteiger partial charge in [0.1, 0.15) is 16.6 Å². The second kappa shape index (κ2) is 6.05. The molecule has 0 saturated carbocycles. The highest BCUT2D eigenvalue weighted by Gasteiger charge is 2.13. The standard InChI is InChI=1S/C12H14N2O3S2/c13-10-4-1-2-5-11(10)17-8-7-14-19(15,16)12-6-3-9-18-12/h1-6,9,14H,7-8,13H2. The number of thiophene rings is 1. The third kappa shape index (κ3) is 3.69. The van der Waals surface area contributed by atoms with Crippen LogP contribution in [-0.2, 0) is 10.0 Å². The van der Waals surface area contributed by atoms with E-state index < -0.39 is 10.0 Å². The van der Waals surface area contributed by atoms with Gasteiger partial charge in [0.25, 0.3) is 0 Å². The number of nitrogens with one attached hydrogen (secondary N) is 1. The molecule has 102 valence electrons. The predicted octanol–water partition coefficient (Wildman–Crippen LogP) is 1.69. The van der Waals surface area contributed by atoms with Crippen molar-refractivity contribution in [3.8, 4) is 5.75 Å². The zero-order valence-electron chi connectivity index (χ0n) is 10.1. The molecule has 0 saturated heterocycles. The Labute approximate surface area is 116 Å². The average Bonchev–Trinajstić information content (AvgIpc) is 2.91.